The molecule has 8 heteroatoms. The van der Waals surface area contributed by atoms with Crippen molar-refractivity contribution in [3.05, 3.63) is 39.8 Å². The maximum absolute atomic E-state index is 11.6. The smallest absolute Gasteiger partial charge is 0.338 e. The van der Waals surface area contributed by atoms with Crippen LogP contribution in [0.25, 0.3) is 0 Å². The first-order valence-corrected chi connectivity index (χ1v) is 6.88. The van der Waals surface area contributed by atoms with E-state index in [0.29, 0.717) is 5.02 Å². The molecule has 19 heavy (non-hydrogen) atoms. The van der Waals surface area contributed by atoms with Crippen LogP contribution in [-0.2, 0) is 14.8 Å². The number of carbonyl (C=O) groups is 1. The summed E-state index contributed by atoms with van der Waals surface area (Å²) in [7, 11) is -3.96. The second-order valence-corrected chi connectivity index (χ2v) is 5.63. The van der Waals surface area contributed by atoms with Crippen LogP contribution in [0.3, 0.4) is 0 Å². The van der Waals surface area contributed by atoms with Gasteiger partial charge in [0.2, 0.25) is 0 Å². The number of sulfonamides is 1. The van der Waals surface area contributed by atoms with E-state index in [1.807, 2.05) is 0 Å². The van der Waals surface area contributed by atoms with E-state index in [4.69, 9.17) is 21.4 Å². The van der Waals surface area contributed by atoms with E-state index >= 15 is 0 Å². The van der Waals surface area contributed by atoms with E-state index < -0.39 is 28.2 Å². The van der Waals surface area contributed by atoms with Crippen molar-refractivity contribution >= 4 is 33.8 Å². The Kier molecular flexibility index (Phi) is 3.59. The van der Waals surface area contributed by atoms with Crippen LogP contribution in [-0.4, -0.2) is 32.3 Å². The molecule has 0 bridgehead atoms. The lowest BCUT2D eigenvalue weighted by molar-refractivity contribution is -0.132. The van der Waals surface area contributed by atoms with E-state index in [0.717, 1.165) is 6.21 Å². The zero-order valence-electron chi connectivity index (χ0n) is 9.41. The summed E-state index contributed by atoms with van der Waals surface area (Å²) < 4.78 is 31.5. The van der Waals surface area contributed by atoms with E-state index in [1.165, 1.54) is 0 Å². The molecular formula is C11H8ClNO5S. The van der Waals surface area contributed by atoms with Gasteiger partial charge in [-0.3, -0.25) is 0 Å². The number of ether oxygens (including phenoxy) is 1. The monoisotopic (exact) mass is 301 g/mol. The molecule has 100 valence electrons. The SMILES string of the molecule is O=C(O)C1=C(COc2ccccc2Cl)S(=O)(=O)N=C1. The standard InChI is InChI=1S/C11H8ClNO5S/c12-8-3-1-2-4-9(8)18-6-10-7(11(14)15)5-13-19(10,16)17/h1-5H,6H2,(H,14,15). The number of rotatable bonds is 4. The first-order valence-electron chi connectivity index (χ1n) is 5.06. The maximum Gasteiger partial charge on any atom is 0.338 e. The highest BCUT2D eigenvalue weighted by Gasteiger charge is 2.30. The van der Waals surface area contributed by atoms with E-state index in [2.05, 4.69) is 4.40 Å². The molecule has 0 atom stereocenters. The van der Waals surface area contributed by atoms with Crippen molar-refractivity contribution in [3.8, 4) is 5.75 Å². The van der Waals surface area contributed by atoms with Gasteiger partial charge in [0.25, 0.3) is 10.0 Å². The Balaban J connectivity index is 2.26. The molecule has 1 aromatic rings. The van der Waals surface area contributed by atoms with Crippen LogP contribution in [0.15, 0.2) is 39.1 Å². The summed E-state index contributed by atoms with van der Waals surface area (Å²) in [5, 5.41) is 9.17. The number of halogens is 1. The minimum absolute atomic E-state index is 0.267. The summed E-state index contributed by atoms with van der Waals surface area (Å²) in [6.07, 6.45) is 0.795. The summed E-state index contributed by atoms with van der Waals surface area (Å²) in [4.78, 5) is 10.5. The number of carboxylic acids is 1. The summed E-state index contributed by atoms with van der Waals surface area (Å²) in [5.74, 6) is -1.11. The van der Waals surface area contributed by atoms with Crippen LogP contribution in [0.5, 0.6) is 5.75 Å². The molecule has 1 N–H and O–H groups in total. The van der Waals surface area contributed by atoms with Gasteiger partial charge in [-0.15, -0.1) is 0 Å². The molecule has 1 aliphatic heterocycles. The first-order chi connectivity index (χ1) is 8.92. The molecule has 0 aliphatic carbocycles. The molecule has 0 saturated carbocycles. The average molecular weight is 302 g/mol. The van der Waals surface area contributed by atoms with Crippen molar-refractivity contribution in [2.45, 2.75) is 0 Å². The molecule has 0 radical (unpaired) electrons. The Morgan fingerprint density at radius 1 is 1.37 bits per heavy atom. The first kappa shape index (κ1) is 13.6. The minimum atomic E-state index is -3.96. The third kappa shape index (κ3) is 2.77. The zero-order valence-corrected chi connectivity index (χ0v) is 11.0. The highest BCUT2D eigenvalue weighted by Crippen LogP contribution is 2.26. The van der Waals surface area contributed by atoms with Gasteiger partial charge >= 0.3 is 5.97 Å². The Labute approximate surface area is 114 Å². The Morgan fingerprint density at radius 2 is 2.05 bits per heavy atom. The normalized spacial score (nSPS) is 16.7. The number of nitrogens with zero attached hydrogens (tertiary/aromatic N) is 1. The lowest BCUT2D eigenvalue weighted by atomic mass is 10.3. The summed E-state index contributed by atoms with van der Waals surface area (Å²) in [6.45, 7) is -0.437. The fourth-order valence-corrected chi connectivity index (χ4v) is 2.62. The summed E-state index contributed by atoms with van der Waals surface area (Å²) >= 11 is 5.84. The van der Waals surface area contributed by atoms with Crippen molar-refractivity contribution in [1.29, 1.82) is 0 Å². The summed E-state index contributed by atoms with van der Waals surface area (Å²) in [5.41, 5.74) is -0.396. The number of hydrogen-bond donors (Lipinski definition) is 1. The van der Waals surface area contributed by atoms with Gasteiger partial charge in [0.1, 0.15) is 17.3 Å². The van der Waals surface area contributed by atoms with Crippen LogP contribution in [0, 0.1) is 0 Å². The van der Waals surface area contributed by atoms with Crippen molar-refractivity contribution in [2.75, 3.05) is 6.61 Å². The molecule has 1 aliphatic rings. The third-order valence-electron chi connectivity index (χ3n) is 2.36. The van der Waals surface area contributed by atoms with Gasteiger partial charge in [-0.25, -0.2) is 4.79 Å². The molecule has 0 fully saturated rings. The van der Waals surface area contributed by atoms with Crippen molar-refractivity contribution in [1.82, 2.24) is 0 Å². The average Bonchev–Trinajstić information content (AvgIpc) is 2.64. The van der Waals surface area contributed by atoms with Crippen LogP contribution < -0.4 is 4.74 Å². The molecule has 1 heterocycles. The molecule has 0 aromatic heterocycles. The van der Waals surface area contributed by atoms with E-state index in [9.17, 15) is 13.2 Å². The zero-order chi connectivity index (χ0) is 14.0. The number of aliphatic carboxylic acids is 1. The molecule has 2 rings (SSSR count). The van der Waals surface area contributed by atoms with Gasteiger partial charge < -0.3 is 9.84 Å². The van der Waals surface area contributed by atoms with Gasteiger partial charge in [-0.2, -0.15) is 12.8 Å². The fraction of sp³-hybridized carbons (Fsp3) is 0.0909. The highest BCUT2D eigenvalue weighted by molar-refractivity contribution is 7.94. The molecular weight excluding hydrogens is 294 g/mol. The number of hydrogen-bond acceptors (Lipinski definition) is 4. The number of carboxylic acid groups (broad SMARTS) is 1. The van der Waals surface area contributed by atoms with Crippen LogP contribution in [0.1, 0.15) is 0 Å². The van der Waals surface area contributed by atoms with Crippen LogP contribution in [0.4, 0.5) is 0 Å². The lowest BCUT2D eigenvalue weighted by Crippen LogP contribution is -2.12. The third-order valence-corrected chi connectivity index (χ3v) is 4.01. The quantitative estimate of drug-likeness (QED) is 0.909. The second kappa shape index (κ2) is 5.02. The predicted molar refractivity (Wildman–Crippen MR) is 69.0 cm³/mol. The van der Waals surface area contributed by atoms with Gasteiger partial charge in [0.05, 0.1) is 16.8 Å². The molecule has 0 spiro atoms. The fourth-order valence-electron chi connectivity index (χ4n) is 1.43. The van der Waals surface area contributed by atoms with Crippen LogP contribution in [0.2, 0.25) is 5.02 Å². The Hall–Kier alpha value is -1.86. The predicted octanol–water partition coefficient (Wildman–Crippen LogP) is 1.47. The number of para-hydroxylation sites is 1. The summed E-state index contributed by atoms with van der Waals surface area (Å²) in [6, 6.07) is 6.47. The molecule has 0 saturated heterocycles. The topological polar surface area (TPSA) is 93.0 Å². The largest absolute Gasteiger partial charge is 0.487 e. The minimum Gasteiger partial charge on any atom is -0.487 e. The molecule has 1 aromatic carbocycles. The Morgan fingerprint density at radius 3 is 2.68 bits per heavy atom. The second-order valence-electron chi connectivity index (χ2n) is 3.57. The van der Waals surface area contributed by atoms with Gasteiger partial charge in [-0.1, -0.05) is 23.7 Å². The lowest BCUT2D eigenvalue weighted by Gasteiger charge is -2.08. The maximum atomic E-state index is 11.6. The van der Waals surface area contributed by atoms with E-state index in [-0.39, 0.29) is 10.7 Å². The van der Waals surface area contributed by atoms with Gasteiger partial charge in [-0.05, 0) is 12.1 Å². The highest BCUT2D eigenvalue weighted by atomic mass is 35.5. The number of benzene rings is 1. The van der Waals surface area contributed by atoms with Crippen molar-refractivity contribution in [2.24, 2.45) is 4.40 Å². The van der Waals surface area contributed by atoms with Crippen molar-refractivity contribution < 1.29 is 23.1 Å². The van der Waals surface area contributed by atoms with Gasteiger partial charge in [0, 0.05) is 0 Å². The molecule has 0 amide bonds. The van der Waals surface area contributed by atoms with Crippen LogP contribution >= 0.6 is 11.6 Å². The molecule has 6 nitrogen and oxygen atoms in total. The van der Waals surface area contributed by atoms with E-state index in [1.54, 1.807) is 24.3 Å². The van der Waals surface area contributed by atoms with Gasteiger partial charge in [0.15, 0.2) is 0 Å². The van der Waals surface area contributed by atoms with Crippen molar-refractivity contribution in [3.63, 3.8) is 0 Å². The molecule has 0 unspecified atom stereocenters. The Bertz CT molecular complexity index is 693.